The molecule has 2 aromatic heterocycles. The van der Waals surface area contributed by atoms with E-state index < -0.39 is 21.6 Å². The lowest BCUT2D eigenvalue weighted by atomic mass is 10.1. The molecular formula is C19H15N3O6S. The number of aromatic amines is 2. The third-order valence-electron chi connectivity index (χ3n) is 4.50. The molecule has 0 saturated carbocycles. The number of ether oxygens (including phenoxy) is 1. The number of carboxylic acids is 1. The van der Waals surface area contributed by atoms with Crippen LogP contribution in [0, 0.1) is 0 Å². The molecule has 0 bridgehead atoms. The van der Waals surface area contributed by atoms with Gasteiger partial charge in [0.2, 0.25) is 0 Å². The van der Waals surface area contributed by atoms with Gasteiger partial charge in [-0.2, -0.15) is 0 Å². The Bertz CT molecular complexity index is 1420. The van der Waals surface area contributed by atoms with E-state index in [4.69, 9.17) is 4.74 Å². The zero-order chi connectivity index (χ0) is 20.8. The first kappa shape index (κ1) is 18.6. The molecule has 4 aromatic rings. The average molecular weight is 413 g/mol. The lowest BCUT2D eigenvalue weighted by molar-refractivity contribution is 0.0699. The van der Waals surface area contributed by atoms with Gasteiger partial charge in [0, 0.05) is 28.2 Å². The lowest BCUT2D eigenvalue weighted by Gasteiger charge is -2.10. The van der Waals surface area contributed by atoms with Crippen LogP contribution in [0.15, 0.2) is 58.4 Å². The van der Waals surface area contributed by atoms with Gasteiger partial charge in [0.15, 0.2) is 0 Å². The van der Waals surface area contributed by atoms with E-state index in [1.54, 1.807) is 24.3 Å². The summed E-state index contributed by atoms with van der Waals surface area (Å²) in [6.45, 7) is 0. The van der Waals surface area contributed by atoms with E-state index in [2.05, 4.69) is 14.7 Å². The van der Waals surface area contributed by atoms with E-state index in [1.165, 1.54) is 31.5 Å². The number of sulfonamides is 1. The first-order valence-electron chi connectivity index (χ1n) is 8.37. The van der Waals surface area contributed by atoms with Crippen LogP contribution in [-0.4, -0.2) is 36.6 Å². The summed E-state index contributed by atoms with van der Waals surface area (Å²) in [4.78, 5) is 28.9. The smallest absolute Gasteiger partial charge is 0.337 e. The maximum absolute atomic E-state index is 12.8. The van der Waals surface area contributed by atoms with Gasteiger partial charge < -0.3 is 19.8 Å². The van der Waals surface area contributed by atoms with Crippen molar-refractivity contribution in [2.24, 2.45) is 0 Å². The molecule has 4 rings (SSSR count). The Hall–Kier alpha value is -3.79. The zero-order valence-corrected chi connectivity index (χ0v) is 15.8. The van der Waals surface area contributed by atoms with Gasteiger partial charge in [0.25, 0.3) is 15.6 Å². The minimum atomic E-state index is -3.96. The Morgan fingerprint density at radius 3 is 2.52 bits per heavy atom. The third kappa shape index (κ3) is 3.19. The molecule has 0 aliphatic carbocycles. The van der Waals surface area contributed by atoms with Crippen LogP contribution in [0.2, 0.25) is 0 Å². The first-order valence-corrected chi connectivity index (χ1v) is 9.86. The van der Waals surface area contributed by atoms with Crippen LogP contribution in [0.5, 0.6) is 5.75 Å². The van der Waals surface area contributed by atoms with E-state index in [9.17, 15) is 23.1 Å². The summed E-state index contributed by atoms with van der Waals surface area (Å²) in [5.74, 6) is -0.647. The molecule has 0 fully saturated rings. The van der Waals surface area contributed by atoms with Gasteiger partial charge in [-0.15, -0.1) is 0 Å². The minimum Gasteiger partial charge on any atom is -0.497 e. The molecule has 4 N–H and O–H groups in total. The van der Waals surface area contributed by atoms with Gasteiger partial charge in [-0.3, -0.25) is 9.52 Å². The minimum absolute atomic E-state index is 0.0626. The number of pyridine rings is 1. The quantitative estimate of drug-likeness (QED) is 0.396. The molecule has 0 aliphatic heterocycles. The Kier molecular flexibility index (Phi) is 4.27. The van der Waals surface area contributed by atoms with Crippen LogP contribution in [-0.2, 0) is 10.0 Å². The van der Waals surface area contributed by atoms with E-state index in [1.807, 2.05) is 0 Å². The Morgan fingerprint density at radius 1 is 1.14 bits per heavy atom. The zero-order valence-electron chi connectivity index (χ0n) is 15.0. The molecule has 0 spiro atoms. The van der Waals surface area contributed by atoms with E-state index in [0.29, 0.717) is 22.3 Å². The third-order valence-corrected chi connectivity index (χ3v) is 5.88. The molecule has 0 radical (unpaired) electrons. The maximum Gasteiger partial charge on any atom is 0.337 e. The number of hydrogen-bond donors (Lipinski definition) is 4. The number of aromatic nitrogens is 2. The topological polar surface area (TPSA) is 141 Å². The van der Waals surface area contributed by atoms with Crippen LogP contribution < -0.4 is 15.0 Å². The number of methoxy groups -OCH3 is 1. The molecule has 0 aliphatic rings. The van der Waals surface area contributed by atoms with Crippen molar-refractivity contribution in [3.63, 3.8) is 0 Å². The molecule has 9 nitrogen and oxygen atoms in total. The van der Waals surface area contributed by atoms with E-state index in [0.717, 1.165) is 0 Å². The van der Waals surface area contributed by atoms with Crippen molar-refractivity contribution in [1.82, 2.24) is 9.97 Å². The van der Waals surface area contributed by atoms with E-state index in [-0.39, 0.29) is 21.4 Å². The second kappa shape index (κ2) is 6.67. The molecule has 148 valence electrons. The lowest BCUT2D eigenvalue weighted by Crippen LogP contribution is -2.13. The number of H-pyrrole nitrogens is 2. The molecular weight excluding hydrogens is 398 g/mol. The fourth-order valence-corrected chi connectivity index (χ4v) is 4.20. The Morgan fingerprint density at radius 2 is 1.86 bits per heavy atom. The number of fused-ring (bicyclic) bond motifs is 3. The number of anilines is 1. The second-order valence-corrected chi connectivity index (χ2v) is 7.94. The summed E-state index contributed by atoms with van der Waals surface area (Å²) < 4.78 is 33.2. The first-order chi connectivity index (χ1) is 13.8. The van der Waals surface area contributed by atoms with Gasteiger partial charge in [-0.25, -0.2) is 13.2 Å². The number of carboxylic acid groups (broad SMARTS) is 1. The Balaban J connectivity index is 1.86. The fraction of sp³-hybridized carbons (Fsp3) is 0.0526. The summed E-state index contributed by atoms with van der Waals surface area (Å²) in [6, 6.07) is 10.4. The fourth-order valence-electron chi connectivity index (χ4n) is 3.12. The van der Waals surface area contributed by atoms with Crippen LogP contribution >= 0.6 is 0 Å². The second-order valence-electron chi connectivity index (χ2n) is 6.25. The van der Waals surface area contributed by atoms with Crippen molar-refractivity contribution < 1.29 is 23.1 Å². The van der Waals surface area contributed by atoms with Gasteiger partial charge in [-0.1, -0.05) is 0 Å². The summed E-state index contributed by atoms with van der Waals surface area (Å²) in [6.07, 6.45) is 1.21. The molecule has 0 amide bonds. The number of hydrogen-bond acceptors (Lipinski definition) is 5. The highest BCUT2D eigenvalue weighted by molar-refractivity contribution is 7.92. The van der Waals surface area contributed by atoms with Crippen molar-refractivity contribution in [2.75, 3.05) is 11.8 Å². The van der Waals surface area contributed by atoms with Crippen molar-refractivity contribution in [3.8, 4) is 5.75 Å². The van der Waals surface area contributed by atoms with Crippen molar-refractivity contribution in [2.45, 2.75) is 4.90 Å². The highest BCUT2D eigenvalue weighted by atomic mass is 32.2. The number of carbonyl (C=O) groups is 1. The van der Waals surface area contributed by atoms with Gasteiger partial charge in [0.05, 0.1) is 17.6 Å². The predicted octanol–water partition coefficient (Wildman–Crippen LogP) is 2.52. The van der Waals surface area contributed by atoms with Gasteiger partial charge >= 0.3 is 5.97 Å². The summed E-state index contributed by atoms with van der Waals surface area (Å²) in [5, 5.41) is 9.87. The number of aromatic carboxylic acids is 1. The van der Waals surface area contributed by atoms with E-state index >= 15 is 0 Å². The van der Waals surface area contributed by atoms with Crippen molar-refractivity contribution in [3.05, 3.63) is 64.6 Å². The summed E-state index contributed by atoms with van der Waals surface area (Å²) in [5.41, 5.74) is 0.117. The molecule has 2 aromatic carbocycles. The standard InChI is InChI=1S/C19H15N3O6S/c1-28-11-4-2-10(3-5-11)22-29(26,27)12-6-7-15-13(8-12)16-14(19(24)25)9-20-17(16)18(23)21-15/h2-9,20,22H,1H3,(H,21,23)(H,24,25). The normalized spacial score (nSPS) is 11.6. The molecule has 0 atom stereocenters. The predicted molar refractivity (Wildman–Crippen MR) is 107 cm³/mol. The van der Waals surface area contributed by atoms with Crippen LogP contribution in [0.4, 0.5) is 5.69 Å². The highest BCUT2D eigenvalue weighted by Gasteiger charge is 2.20. The molecule has 0 saturated heterocycles. The van der Waals surface area contributed by atoms with Crippen molar-refractivity contribution in [1.29, 1.82) is 0 Å². The van der Waals surface area contributed by atoms with Gasteiger partial charge in [0.1, 0.15) is 11.3 Å². The molecule has 10 heteroatoms. The summed E-state index contributed by atoms with van der Waals surface area (Å²) in [7, 11) is -2.45. The van der Waals surface area contributed by atoms with Crippen LogP contribution in [0.1, 0.15) is 10.4 Å². The van der Waals surface area contributed by atoms with Gasteiger partial charge in [-0.05, 0) is 42.5 Å². The highest BCUT2D eigenvalue weighted by Crippen LogP contribution is 2.28. The van der Waals surface area contributed by atoms with Crippen LogP contribution in [0.3, 0.4) is 0 Å². The molecule has 0 unspecified atom stereocenters. The average Bonchev–Trinajstić information content (AvgIpc) is 3.14. The maximum atomic E-state index is 12.8. The number of nitrogens with one attached hydrogen (secondary N) is 3. The summed E-state index contributed by atoms with van der Waals surface area (Å²) >= 11 is 0. The monoisotopic (exact) mass is 413 g/mol. The largest absolute Gasteiger partial charge is 0.497 e. The number of benzene rings is 2. The Labute approximate surface area is 164 Å². The van der Waals surface area contributed by atoms with Crippen LogP contribution in [0.25, 0.3) is 21.8 Å². The molecule has 2 heterocycles. The number of rotatable bonds is 5. The SMILES string of the molecule is COc1ccc(NS(=O)(=O)c2ccc3[nH]c(=O)c4[nH]cc(C(=O)O)c4c3c2)cc1. The van der Waals surface area contributed by atoms with Crippen molar-refractivity contribution >= 4 is 43.5 Å². The molecule has 29 heavy (non-hydrogen) atoms.